The number of nitrogens with zero attached hydrogens (tertiary/aromatic N) is 3. The first-order valence-corrected chi connectivity index (χ1v) is 7.76. The second kappa shape index (κ2) is 6.35. The van der Waals surface area contributed by atoms with E-state index < -0.39 is 0 Å². The summed E-state index contributed by atoms with van der Waals surface area (Å²) in [7, 11) is 3.55. The number of aromatic nitrogens is 2. The van der Waals surface area contributed by atoms with Gasteiger partial charge in [-0.15, -0.1) is 0 Å². The summed E-state index contributed by atoms with van der Waals surface area (Å²) >= 11 is 1.48. The quantitative estimate of drug-likeness (QED) is 0.815. The van der Waals surface area contributed by atoms with Crippen molar-refractivity contribution in [1.29, 1.82) is 0 Å². The molecule has 0 radical (unpaired) electrons. The lowest BCUT2D eigenvalue weighted by Crippen LogP contribution is -2.29. The SMILES string of the molecule is Cc1cc(C)cc(-n2ccnc2S[C@@H](C)C(=O)N(C)C)c1. The maximum Gasteiger partial charge on any atom is 0.235 e. The van der Waals surface area contributed by atoms with Gasteiger partial charge in [-0.05, 0) is 44.0 Å². The highest BCUT2D eigenvalue weighted by atomic mass is 32.2. The van der Waals surface area contributed by atoms with Crippen LogP contribution in [-0.4, -0.2) is 39.7 Å². The molecule has 0 fully saturated rings. The normalized spacial score (nSPS) is 12.2. The van der Waals surface area contributed by atoms with Gasteiger partial charge in [0, 0.05) is 32.2 Å². The summed E-state index contributed by atoms with van der Waals surface area (Å²) in [6, 6.07) is 6.39. The number of rotatable bonds is 4. The fourth-order valence-corrected chi connectivity index (χ4v) is 3.26. The summed E-state index contributed by atoms with van der Waals surface area (Å²) in [5.74, 6) is 0.0926. The second-order valence-electron chi connectivity index (χ2n) is 5.42. The highest BCUT2D eigenvalue weighted by molar-refractivity contribution is 8.00. The van der Waals surface area contributed by atoms with Gasteiger partial charge < -0.3 is 4.90 Å². The summed E-state index contributed by atoms with van der Waals surface area (Å²) in [5.41, 5.74) is 3.51. The van der Waals surface area contributed by atoms with Crippen molar-refractivity contribution in [3.63, 3.8) is 0 Å². The maximum atomic E-state index is 12.0. The highest BCUT2D eigenvalue weighted by Crippen LogP contribution is 2.26. The minimum absolute atomic E-state index is 0.0926. The fraction of sp³-hybridized carbons (Fsp3) is 0.375. The first-order valence-electron chi connectivity index (χ1n) is 6.88. The minimum Gasteiger partial charge on any atom is -0.348 e. The lowest BCUT2D eigenvalue weighted by Gasteiger charge is -2.17. The number of imidazole rings is 1. The van der Waals surface area contributed by atoms with Crippen LogP contribution in [0.1, 0.15) is 18.1 Å². The van der Waals surface area contributed by atoms with Gasteiger partial charge in [0.2, 0.25) is 5.91 Å². The van der Waals surface area contributed by atoms with Gasteiger partial charge in [-0.2, -0.15) is 0 Å². The lowest BCUT2D eigenvalue weighted by atomic mass is 10.1. The Kier molecular flexibility index (Phi) is 4.73. The molecule has 1 atom stereocenters. The molecule has 0 saturated carbocycles. The van der Waals surface area contributed by atoms with E-state index in [0.717, 1.165) is 10.8 Å². The first-order chi connectivity index (χ1) is 9.88. The third-order valence-corrected chi connectivity index (χ3v) is 4.23. The van der Waals surface area contributed by atoms with Gasteiger partial charge >= 0.3 is 0 Å². The van der Waals surface area contributed by atoms with Gasteiger partial charge in [-0.25, -0.2) is 4.98 Å². The molecule has 112 valence electrons. The molecule has 0 aliphatic rings. The molecule has 0 aliphatic heterocycles. The average Bonchev–Trinajstić information content (AvgIpc) is 2.84. The van der Waals surface area contributed by atoms with Crippen LogP contribution in [0.4, 0.5) is 0 Å². The Morgan fingerprint density at radius 2 is 1.86 bits per heavy atom. The average molecular weight is 303 g/mol. The molecular weight excluding hydrogens is 282 g/mol. The largest absolute Gasteiger partial charge is 0.348 e. The molecule has 0 bridgehead atoms. The van der Waals surface area contributed by atoms with Gasteiger partial charge in [0.05, 0.1) is 5.25 Å². The molecule has 0 unspecified atom stereocenters. The molecule has 0 aliphatic carbocycles. The predicted molar refractivity (Wildman–Crippen MR) is 87.1 cm³/mol. The van der Waals surface area contributed by atoms with Crippen LogP contribution in [0, 0.1) is 13.8 Å². The van der Waals surface area contributed by atoms with Crippen LogP contribution < -0.4 is 0 Å². The van der Waals surface area contributed by atoms with E-state index in [0.29, 0.717) is 0 Å². The van der Waals surface area contributed by atoms with Gasteiger partial charge in [0.1, 0.15) is 0 Å². The summed E-state index contributed by atoms with van der Waals surface area (Å²) < 4.78 is 2.03. The van der Waals surface area contributed by atoms with E-state index in [9.17, 15) is 4.79 Å². The van der Waals surface area contributed by atoms with E-state index in [-0.39, 0.29) is 11.2 Å². The van der Waals surface area contributed by atoms with E-state index in [2.05, 4.69) is 37.0 Å². The number of carbonyl (C=O) groups is 1. The van der Waals surface area contributed by atoms with Crippen LogP contribution in [0.3, 0.4) is 0 Å². The minimum atomic E-state index is -0.160. The number of aryl methyl sites for hydroxylation is 2. The van der Waals surface area contributed by atoms with E-state index >= 15 is 0 Å². The van der Waals surface area contributed by atoms with Crippen molar-refractivity contribution in [2.45, 2.75) is 31.2 Å². The zero-order valence-electron chi connectivity index (χ0n) is 13.1. The molecule has 2 rings (SSSR count). The molecule has 1 aromatic carbocycles. The molecule has 1 aromatic heterocycles. The highest BCUT2D eigenvalue weighted by Gasteiger charge is 2.19. The molecule has 21 heavy (non-hydrogen) atoms. The Morgan fingerprint density at radius 3 is 2.43 bits per heavy atom. The zero-order chi connectivity index (χ0) is 15.6. The van der Waals surface area contributed by atoms with Gasteiger partial charge in [-0.1, -0.05) is 17.8 Å². The Morgan fingerprint density at radius 1 is 1.24 bits per heavy atom. The lowest BCUT2D eigenvalue weighted by molar-refractivity contribution is -0.127. The number of benzene rings is 1. The van der Waals surface area contributed by atoms with Gasteiger partial charge in [0.15, 0.2) is 5.16 Å². The second-order valence-corrected chi connectivity index (χ2v) is 6.73. The van der Waals surface area contributed by atoms with Crippen LogP contribution in [0.15, 0.2) is 35.7 Å². The first kappa shape index (κ1) is 15.6. The summed E-state index contributed by atoms with van der Waals surface area (Å²) in [6.07, 6.45) is 3.70. The number of carbonyl (C=O) groups excluding carboxylic acids is 1. The van der Waals surface area contributed by atoms with Crippen LogP contribution in [0.5, 0.6) is 0 Å². The van der Waals surface area contributed by atoms with Crippen molar-refractivity contribution in [2.24, 2.45) is 0 Å². The van der Waals surface area contributed by atoms with Crippen molar-refractivity contribution < 1.29 is 4.79 Å². The van der Waals surface area contributed by atoms with Crippen LogP contribution >= 0.6 is 11.8 Å². The molecule has 1 heterocycles. The van der Waals surface area contributed by atoms with E-state index in [1.54, 1.807) is 25.2 Å². The predicted octanol–water partition coefficient (Wildman–Crippen LogP) is 3.06. The molecule has 0 spiro atoms. The number of thioether (sulfide) groups is 1. The summed E-state index contributed by atoms with van der Waals surface area (Å²) in [4.78, 5) is 18.0. The van der Waals surface area contributed by atoms with E-state index in [4.69, 9.17) is 0 Å². The Bertz CT molecular complexity index is 628. The summed E-state index contributed by atoms with van der Waals surface area (Å²) in [5, 5.41) is 0.676. The Balaban J connectivity index is 2.28. The molecule has 5 heteroatoms. The smallest absolute Gasteiger partial charge is 0.235 e. The van der Waals surface area contributed by atoms with Crippen molar-refractivity contribution in [2.75, 3.05) is 14.1 Å². The molecule has 4 nitrogen and oxygen atoms in total. The molecule has 1 amide bonds. The van der Waals surface area contributed by atoms with Crippen LogP contribution in [0.25, 0.3) is 5.69 Å². The third-order valence-electron chi connectivity index (χ3n) is 3.16. The molecule has 0 saturated heterocycles. The monoisotopic (exact) mass is 303 g/mol. The van der Waals surface area contributed by atoms with Gasteiger partial charge in [0.25, 0.3) is 0 Å². The maximum absolute atomic E-state index is 12.0. The summed E-state index contributed by atoms with van der Waals surface area (Å²) in [6.45, 7) is 6.07. The van der Waals surface area contributed by atoms with Crippen LogP contribution in [-0.2, 0) is 4.79 Å². The van der Waals surface area contributed by atoms with E-state index in [1.807, 2.05) is 17.7 Å². The van der Waals surface area contributed by atoms with Crippen molar-refractivity contribution in [3.05, 3.63) is 41.7 Å². The van der Waals surface area contributed by atoms with Crippen molar-refractivity contribution in [3.8, 4) is 5.69 Å². The standard InChI is InChI=1S/C16H21N3OS/c1-11-8-12(2)10-14(9-11)19-7-6-17-16(19)21-13(3)15(20)18(4)5/h6-10,13H,1-5H3/t13-/m0/s1. The van der Waals surface area contributed by atoms with Crippen molar-refractivity contribution in [1.82, 2.24) is 14.5 Å². The van der Waals surface area contributed by atoms with Gasteiger partial charge in [-0.3, -0.25) is 9.36 Å². The van der Waals surface area contributed by atoms with Crippen molar-refractivity contribution >= 4 is 17.7 Å². The van der Waals surface area contributed by atoms with Crippen LogP contribution in [0.2, 0.25) is 0 Å². The topological polar surface area (TPSA) is 38.1 Å². The fourth-order valence-electron chi connectivity index (χ4n) is 2.24. The number of amides is 1. The molecule has 0 N–H and O–H groups in total. The number of hydrogen-bond acceptors (Lipinski definition) is 3. The molecular formula is C16H21N3OS. The zero-order valence-corrected chi connectivity index (χ0v) is 13.9. The number of hydrogen-bond donors (Lipinski definition) is 0. The Labute approximate surface area is 130 Å². The third kappa shape index (κ3) is 3.67. The molecule has 2 aromatic rings. The Hall–Kier alpha value is -1.75. The van der Waals surface area contributed by atoms with E-state index in [1.165, 1.54) is 22.9 Å².